The number of aliphatic hydroxyl groups is 1. The Morgan fingerprint density at radius 3 is 2.79 bits per heavy atom. The van der Waals surface area contributed by atoms with Crippen molar-refractivity contribution in [3.63, 3.8) is 0 Å². The number of hydroxylamine groups is 2. The lowest BCUT2D eigenvalue weighted by Gasteiger charge is -2.31. The van der Waals surface area contributed by atoms with E-state index in [1.807, 2.05) is 0 Å². The van der Waals surface area contributed by atoms with Crippen molar-refractivity contribution in [2.24, 2.45) is 5.73 Å². The van der Waals surface area contributed by atoms with Crippen LogP contribution in [0, 0.1) is 11.6 Å². The molecule has 1 aliphatic rings. The van der Waals surface area contributed by atoms with Crippen LogP contribution in [0.1, 0.15) is 37.7 Å². The predicted octanol–water partition coefficient (Wildman–Crippen LogP) is 4.49. The number of halogens is 3. The van der Waals surface area contributed by atoms with Gasteiger partial charge in [-0.05, 0) is 74.4 Å². The molecule has 1 saturated heterocycles. The lowest BCUT2D eigenvalue weighted by molar-refractivity contribution is -0.132. The lowest BCUT2D eigenvalue weighted by atomic mass is 9.85. The van der Waals surface area contributed by atoms with Crippen LogP contribution in [0.3, 0.4) is 0 Å². The molecule has 1 fully saturated rings. The van der Waals surface area contributed by atoms with Crippen molar-refractivity contribution in [2.75, 3.05) is 18.5 Å². The number of nitrogens with two attached hydrogens (primary N) is 1. The van der Waals surface area contributed by atoms with Crippen molar-refractivity contribution < 1.29 is 28.6 Å². The van der Waals surface area contributed by atoms with E-state index in [0.717, 1.165) is 12.1 Å². The first-order valence-electron chi connectivity index (χ1n) is 10.8. The van der Waals surface area contributed by atoms with Crippen LogP contribution in [0.25, 0.3) is 0 Å². The number of carbonyl (C=O) groups excluding carboxylic acids is 1. The highest BCUT2D eigenvalue weighted by Crippen LogP contribution is 2.32. The maximum Gasteiger partial charge on any atom is 0.316 e. The second-order valence-corrected chi connectivity index (χ2v) is 8.82. The first-order valence-corrected chi connectivity index (χ1v) is 11.1. The van der Waals surface area contributed by atoms with Gasteiger partial charge in [0.1, 0.15) is 5.75 Å². The molecule has 2 amide bonds. The fourth-order valence-corrected chi connectivity index (χ4v) is 4.36. The van der Waals surface area contributed by atoms with E-state index >= 15 is 0 Å². The summed E-state index contributed by atoms with van der Waals surface area (Å²) in [6.07, 6.45) is 2.57. The molecule has 2 aromatic rings. The second-order valence-electron chi connectivity index (χ2n) is 8.38. The Hall–Kier alpha value is -2.46. The first-order chi connectivity index (χ1) is 15.6. The third-order valence-electron chi connectivity index (χ3n) is 5.77. The molecule has 180 valence electrons. The van der Waals surface area contributed by atoms with Crippen molar-refractivity contribution in [3.05, 3.63) is 58.6 Å². The van der Waals surface area contributed by atoms with Gasteiger partial charge in [0, 0.05) is 17.6 Å². The minimum absolute atomic E-state index is 0.272. The van der Waals surface area contributed by atoms with Gasteiger partial charge in [-0.3, -0.25) is 0 Å². The number of nitrogens with zero attached hydrogens (tertiary/aromatic N) is 1. The number of anilines is 1. The minimum Gasteiger partial charge on any atom is -0.491 e. The van der Waals surface area contributed by atoms with Gasteiger partial charge in [0.05, 0.1) is 17.9 Å². The number of carbonyl (C=O) groups is 1. The zero-order valence-electron chi connectivity index (χ0n) is 18.1. The van der Waals surface area contributed by atoms with E-state index in [1.165, 1.54) is 17.2 Å². The average molecular weight is 484 g/mol. The Balaban J connectivity index is 1.58. The molecule has 0 aliphatic carbocycles. The smallest absolute Gasteiger partial charge is 0.316 e. The largest absolute Gasteiger partial charge is 0.491 e. The Morgan fingerprint density at radius 2 is 2.06 bits per heavy atom. The van der Waals surface area contributed by atoms with Crippen molar-refractivity contribution in [3.8, 4) is 5.75 Å². The number of ether oxygens (including phenoxy) is 1. The molecule has 2 aromatic carbocycles. The van der Waals surface area contributed by atoms with Crippen molar-refractivity contribution in [1.29, 1.82) is 0 Å². The Kier molecular flexibility index (Phi) is 8.47. The third kappa shape index (κ3) is 7.26. The summed E-state index contributed by atoms with van der Waals surface area (Å²) < 4.78 is 32.6. The molecule has 0 saturated carbocycles. The van der Waals surface area contributed by atoms with E-state index in [1.54, 1.807) is 12.1 Å². The summed E-state index contributed by atoms with van der Waals surface area (Å²) in [5.74, 6) is -1.46. The van der Waals surface area contributed by atoms with Crippen LogP contribution in [-0.2, 0) is 6.42 Å². The Morgan fingerprint density at radius 1 is 1.27 bits per heavy atom. The molecular formula is C23H28ClF2N3O4. The molecule has 0 spiro atoms. The summed E-state index contributed by atoms with van der Waals surface area (Å²) in [7, 11) is 0. The number of benzene rings is 2. The summed E-state index contributed by atoms with van der Waals surface area (Å²) in [6.45, 7) is 0.647. The van der Waals surface area contributed by atoms with E-state index < -0.39 is 29.3 Å². The molecule has 0 bridgehead atoms. The Bertz CT molecular complexity index is 981. The van der Waals surface area contributed by atoms with Crippen LogP contribution in [0.15, 0.2) is 36.4 Å². The third-order valence-corrected chi connectivity index (χ3v) is 6.00. The van der Waals surface area contributed by atoms with Gasteiger partial charge in [0.15, 0.2) is 11.6 Å². The highest BCUT2D eigenvalue weighted by molar-refractivity contribution is 6.31. The van der Waals surface area contributed by atoms with Crippen LogP contribution in [0.4, 0.5) is 19.3 Å². The highest BCUT2D eigenvalue weighted by Gasteiger charge is 2.35. The monoisotopic (exact) mass is 483 g/mol. The molecule has 5 N–H and O–H groups in total. The topological polar surface area (TPSA) is 108 Å². The quantitative estimate of drug-likeness (QED) is 0.414. The number of amides is 2. The zero-order chi connectivity index (χ0) is 24.0. The van der Waals surface area contributed by atoms with Gasteiger partial charge >= 0.3 is 6.03 Å². The van der Waals surface area contributed by atoms with Gasteiger partial charge in [-0.2, -0.15) is 5.06 Å². The number of hydrogen-bond acceptors (Lipinski definition) is 5. The van der Waals surface area contributed by atoms with Gasteiger partial charge in [-0.15, -0.1) is 0 Å². The van der Waals surface area contributed by atoms with Crippen molar-refractivity contribution in [2.45, 2.75) is 50.2 Å². The molecule has 2 atom stereocenters. The molecule has 1 heterocycles. The van der Waals surface area contributed by atoms with Crippen LogP contribution in [0.5, 0.6) is 5.75 Å². The summed E-state index contributed by atoms with van der Waals surface area (Å²) >= 11 is 5.95. The molecule has 10 heteroatoms. The number of urea groups is 1. The molecule has 1 aliphatic heterocycles. The predicted molar refractivity (Wildman–Crippen MR) is 121 cm³/mol. The average Bonchev–Trinajstić information content (AvgIpc) is 2.87. The molecule has 33 heavy (non-hydrogen) atoms. The highest BCUT2D eigenvalue weighted by atomic mass is 35.5. The van der Waals surface area contributed by atoms with Gasteiger partial charge in [0.25, 0.3) is 0 Å². The van der Waals surface area contributed by atoms with E-state index in [2.05, 4.69) is 5.32 Å². The molecular weight excluding hydrogens is 456 g/mol. The maximum absolute atomic E-state index is 13.6. The first kappa shape index (κ1) is 25.2. The molecule has 3 rings (SSSR count). The van der Waals surface area contributed by atoms with Crippen molar-refractivity contribution in [1.82, 2.24) is 5.06 Å². The minimum atomic E-state index is -1.04. The number of nitrogens with one attached hydrogen (secondary N) is 1. The zero-order valence-corrected chi connectivity index (χ0v) is 18.8. The number of hydrogen-bond donors (Lipinski definition) is 4. The molecule has 2 unspecified atom stereocenters. The van der Waals surface area contributed by atoms with Gasteiger partial charge in [-0.25, -0.2) is 13.6 Å². The van der Waals surface area contributed by atoms with Crippen LogP contribution >= 0.6 is 11.6 Å². The van der Waals surface area contributed by atoms with Gasteiger partial charge in [-0.1, -0.05) is 17.7 Å². The summed E-state index contributed by atoms with van der Waals surface area (Å²) in [5, 5.41) is 25.6. The molecule has 0 radical (unpaired) electrons. The Labute approximate surface area is 196 Å². The number of primary amides is 1. The normalized spacial score (nSPS) is 21.4. The van der Waals surface area contributed by atoms with Crippen molar-refractivity contribution >= 4 is 23.3 Å². The lowest BCUT2D eigenvalue weighted by Crippen LogP contribution is -2.39. The van der Waals surface area contributed by atoms with E-state index in [0.29, 0.717) is 54.3 Å². The van der Waals surface area contributed by atoms with E-state index in [9.17, 15) is 23.9 Å². The summed E-state index contributed by atoms with van der Waals surface area (Å²) in [4.78, 5) is 11.2. The maximum atomic E-state index is 13.6. The van der Waals surface area contributed by atoms with Crippen LogP contribution in [0.2, 0.25) is 5.02 Å². The fourth-order valence-electron chi connectivity index (χ4n) is 4.18. The SMILES string of the molecule is NC(=O)Nc1cc(Cl)ccc1OCCCC1(O)CCCN(O)C(Cc2ccc(F)c(F)c2)C1. The summed E-state index contributed by atoms with van der Waals surface area (Å²) in [5.41, 5.74) is 5.03. The fraction of sp³-hybridized carbons (Fsp3) is 0.435. The number of rotatable bonds is 8. The van der Waals surface area contributed by atoms with E-state index in [4.69, 9.17) is 22.1 Å². The van der Waals surface area contributed by atoms with Gasteiger partial charge < -0.3 is 26.1 Å². The van der Waals surface area contributed by atoms with E-state index in [-0.39, 0.29) is 19.4 Å². The van der Waals surface area contributed by atoms with Crippen LogP contribution in [-0.4, -0.2) is 46.2 Å². The second kappa shape index (κ2) is 11.1. The molecule has 0 aromatic heterocycles. The van der Waals surface area contributed by atoms with Gasteiger partial charge in [0.2, 0.25) is 0 Å². The standard InChI is InChI=1S/C23H28ClF2N3O4/c24-16-4-6-21(20(13-16)28-22(27)30)33-10-2-8-23(31)7-1-9-29(32)17(14-23)11-15-3-5-18(25)19(26)12-15/h3-6,12-13,17,31-32H,1-2,7-11,14H2,(H3,27,28,30). The van der Waals surface area contributed by atoms with Crippen LogP contribution < -0.4 is 15.8 Å². The summed E-state index contributed by atoms with van der Waals surface area (Å²) in [6, 6.07) is 7.25. The molecule has 7 nitrogen and oxygen atoms in total.